The molecule has 1 heterocycles. The van der Waals surface area contributed by atoms with Gasteiger partial charge in [-0.1, -0.05) is 34.8 Å². The summed E-state index contributed by atoms with van der Waals surface area (Å²) in [7, 11) is 0. The van der Waals surface area contributed by atoms with E-state index in [4.69, 9.17) is 34.8 Å². The Morgan fingerprint density at radius 2 is 2.00 bits per heavy atom. The number of nitrogens with zero attached hydrogens (tertiary/aromatic N) is 4. The van der Waals surface area contributed by atoms with Crippen LogP contribution < -0.4 is 0 Å². The van der Waals surface area contributed by atoms with Crippen molar-refractivity contribution in [3.05, 3.63) is 15.8 Å². The number of halogens is 3. The Morgan fingerprint density at radius 3 is 2.33 bits per heavy atom. The van der Waals surface area contributed by atoms with Crippen LogP contribution in [0, 0.1) is 10.1 Å². The van der Waals surface area contributed by atoms with Crippen LogP contribution in [0.15, 0.2) is 0 Å². The Labute approximate surface area is 100 Å². The number of hydrogen-bond donors (Lipinski definition) is 0. The highest BCUT2D eigenvalue weighted by Gasteiger charge is 2.39. The monoisotopic (exact) mass is 272 g/mol. The summed E-state index contributed by atoms with van der Waals surface area (Å²) in [5, 5.41) is 17.9. The number of aromatic nitrogens is 3. The molecule has 0 fully saturated rings. The van der Waals surface area contributed by atoms with Crippen molar-refractivity contribution in [1.82, 2.24) is 15.0 Å². The Morgan fingerprint density at radius 1 is 1.47 bits per heavy atom. The van der Waals surface area contributed by atoms with Gasteiger partial charge in [-0.05, 0) is 18.8 Å². The van der Waals surface area contributed by atoms with Crippen molar-refractivity contribution >= 4 is 40.6 Å². The van der Waals surface area contributed by atoms with Crippen molar-refractivity contribution in [2.45, 2.75) is 23.7 Å². The van der Waals surface area contributed by atoms with Crippen LogP contribution >= 0.6 is 34.8 Å². The summed E-state index contributed by atoms with van der Waals surface area (Å²) < 4.78 is -0.854. The molecule has 0 saturated heterocycles. The van der Waals surface area contributed by atoms with Crippen LogP contribution in [0.4, 0.5) is 5.82 Å². The lowest BCUT2D eigenvalue weighted by atomic mass is 10.4. The summed E-state index contributed by atoms with van der Waals surface area (Å²) in [6.45, 7) is 3.42. The van der Waals surface area contributed by atoms with E-state index >= 15 is 0 Å². The van der Waals surface area contributed by atoms with Gasteiger partial charge < -0.3 is 10.1 Å². The summed E-state index contributed by atoms with van der Waals surface area (Å²) in [6, 6.07) is -0.237. The van der Waals surface area contributed by atoms with Gasteiger partial charge in [-0.25, -0.2) is 0 Å². The van der Waals surface area contributed by atoms with Gasteiger partial charge in [0, 0.05) is 5.21 Å². The maximum atomic E-state index is 10.8. The molecule has 0 unspecified atom stereocenters. The molecule has 84 valence electrons. The van der Waals surface area contributed by atoms with Crippen LogP contribution in [-0.2, 0) is 3.79 Å². The predicted molar refractivity (Wildman–Crippen MR) is 56.3 cm³/mol. The molecule has 1 aromatic rings. The Bertz CT molecular complexity index is 384. The molecule has 15 heavy (non-hydrogen) atoms. The van der Waals surface area contributed by atoms with Crippen LogP contribution in [0.1, 0.15) is 25.6 Å². The molecule has 0 aliphatic rings. The van der Waals surface area contributed by atoms with E-state index in [1.165, 1.54) is 0 Å². The minimum absolute atomic E-state index is 0.237. The first kappa shape index (κ1) is 12.5. The van der Waals surface area contributed by atoms with E-state index < -0.39 is 14.5 Å². The number of rotatable bonds is 2. The molecule has 0 bridgehead atoms. The van der Waals surface area contributed by atoms with Crippen molar-refractivity contribution in [3.63, 3.8) is 0 Å². The van der Waals surface area contributed by atoms with E-state index in [9.17, 15) is 10.1 Å². The Balaban J connectivity index is 3.37. The first-order chi connectivity index (χ1) is 6.75. The van der Waals surface area contributed by atoms with Gasteiger partial charge in [0.2, 0.25) is 9.49 Å². The van der Waals surface area contributed by atoms with Crippen molar-refractivity contribution in [3.8, 4) is 0 Å². The molecule has 0 saturated carbocycles. The standard InChI is InChI=1S/C6H7Cl3N4O2/c1-3(2)12-5(13(14)15)4(10-11-12)6(7,8)9/h3H,1-2H3. The van der Waals surface area contributed by atoms with Crippen LogP contribution in [-0.4, -0.2) is 19.9 Å². The summed E-state index contributed by atoms with van der Waals surface area (Å²) in [4.78, 5) is 10.1. The first-order valence-corrected chi connectivity index (χ1v) is 5.05. The van der Waals surface area contributed by atoms with Crippen LogP contribution in [0.5, 0.6) is 0 Å². The fourth-order valence-corrected chi connectivity index (χ4v) is 1.36. The smallest absolute Gasteiger partial charge is 0.358 e. The molecule has 0 aromatic carbocycles. The molecular formula is C6H7Cl3N4O2. The van der Waals surface area contributed by atoms with Gasteiger partial charge in [-0.3, -0.25) is 0 Å². The van der Waals surface area contributed by atoms with Gasteiger partial charge in [0.25, 0.3) is 0 Å². The predicted octanol–water partition coefficient (Wildman–Crippen LogP) is 2.59. The van der Waals surface area contributed by atoms with Gasteiger partial charge in [0.15, 0.2) is 0 Å². The molecule has 1 rings (SSSR count). The molecule has 9 heteroatoms. The zero-order chi connectivity index (χ0) is 11.8. The van der Waals surface area contributed by atoms with E-state index in [0.717, 1.165) is 4.68 Å². The first-order valence-electron chi connectivity index (χ1n) is 3.92. The topological polar surface area (TPSA) is 73.8 Å². The maximum Gasteiger partial charge on any atom is 0.373 e. The molecule has 0 radical (unpaired) electrons. The second kappa shape index (κ2) is 4.11. The zero-order valence-electron chi connectivity index (χ0n) is 7.82. The summed E-state index contributed by atoms with van der Waals surface area (Å²) in [5.74, 6) is -0.398. The van der Waals surface area contributed by atoms with Crippen LogP contribution in [0.25, 0.3) is 0 Å². The number of hydrogen-bond acceptors (Lipinski definition) is 4. The normalized spacial score (nSPS) is 12.1. The SMILES string of the molecule is CC(C)n1nnc(C(Cl)(Cl)Cl)c1[N+](=O)[O-]. The fourth-order valence-electron chi connectivity index (χ4n) is 0.990. The van der Waals surface area contributed by atoms with Gasteiger partial charge in [0.1, 0.15) is 6.04 Å². The lowest BCUT2D eigenvalue weighted by Crippen LogP contribution is -2.10. The molecule has 0 atom stereocenters. The highest BCUT2D eigenvalue weighted by molar-refractivity contribution is 6.66. The second-order valence-corrected chi connectivity index (χ2v) is 5.34. The van der Waals surface area contributed by atoms with E-state index in [1.54, 1.807) is 13.8 Å². The fraction of sp³-hybridized carbons (Fsp3) is 0.667. The van der Waals surface area contributed by atoms with E-state index in [0.29, 0.717) is 0 Å². The Kier molecular flexibility index (Phi) is 3.42. The van der Waals surface area contributed by atoms with Gasteiger partial charge in [-0.2, -0.15) is 0 Å². The Hall–Kier alpha value is -0.590. The second-order valence-electron chi connectivity index (χ2n) is 3.05. The van der Waals surface area contributed by atoms with Crippen molar-refractivity contribution in [2.75, 3.05) is 0 Å². The minimum Gasteiger partial charge on any atom is -0.358 e. The third-order valence-electron chi connectivity index (χ3n) is 1.60. The van der Waals surface area contributed by atoms with Crippen LogP contribution in [0.3, 0.4) is 0 Å². The van der Waals surface area contributed by atoms with Crippen molar-refractivity contribution < 1.29 is 4.92 Å². The molecular weight excluding hydrogens is 266 g/mol. The average molecular weight is 274 g/mol. The lowest BCUT2D eigenvalue weighted by Gasteiger charge is -2.07. The molecule has 0 aliphatic carbocycles. The minimum atomic E-state index is -1.95. The highest BCUT2D eigenvalue weighted by Crippen LogP contribution is 2.41. The third kappa shape index (κ3) is 2.50. The van der Waals surface area contributed by atoms with E-state index in [2.05, 4.69) is 10.3 Å². The molecule has 0 spiro atoms. The summed E-state index contributed by atoms with van der Waals surface area (Å²) >= 11 is 16.6. The molecule has 0 N–H and O–H groups in total. The lowest BCUT2D eigenvalue weighted by molar-refractivity contribution is -0.393. The molecule has 0 aliphatic heterocycles. The largest absolute Gasteiger partial charge is 0.373 e. The average Bonchev–Trinajstić information content (AvgIpc) is 2.45. The quantitative estimate of drug-likeness (QED) is 0.471. The van der Waals surface area contributed by atoms with E-state index in [1.807, 2.05) is 0 Å². The van der Waals surface area contributed by atoms with E-state index in [-0.39, 0.29) is 11.7 Å². The van der Waals surface area contributed by atoms with Gasteiger partial charge >= 0.3 is 5.82 Å². The van der Waals surface area contributed by atoms with Crippen molar-refractivity contribution in [2.24, 2.45) is 0 Å². The molecule has 0 amide bonds. The third-order valence-corrected chi connectivity index (χ3v) is 2.14. The van der Waals surface area contributed by atoms with Gasteiger partial charge in [-0.15, -0.1) is 9.78 Å². The highest BCUT2D eigenvalue weighted by atomic mass is 35.6. The molecule has 6 nitrogen and oxygen atoms in total. The summed E-state index contributed by atoms with van der Waals surface area (Å²) in [5.41, 5.74) is -0.272. The number of alkyl halides is 3. The van der Waals surface area contributed by atoms with Gasteiger partial charge in [0.05, 0.1) is 0 Å². The molecule has 1 aromatic heterocycles. The summed E-state index contributed by atoms with van der Waals surface area (Å²) in [6.07, 6.45) is 0. The van der Waals surface area contributed by atoms with Crippen LogP contribution in [0.2, 0.25) is 0 Å². The number of nitro groups is 1. The van der Waals surface area contributed by atoms with Crippen molar-refractivity contribution in [1.29, 1.82) is 0 Å². The maximum absolute atomic E-state index is 10.8. The zero-order valence-corrected chi connectivity index (χ0v) is 10.1.